The number of thioether (sulfide) groups is 1. The smallest absolute Gasteiger partial charge is 0.264 e. The van der Waals surface area contributed by atoms with Crippen LogP contribution >= 0.6 is 11.8 Å². The van der Waals surface area contributed by atoms with Crippen molar-refractivity contribution in [3.63, 3.8) is 0 Å². The molecule has 0 aliphatic carbocycles. The van der Waals surface area contributed by atoms with Crippen molar-refractivity contribution in [2.75, 3.05) is 0 Å². The van der Waals surface area contributed by atoms with E-state index in [4.69, 9.17) is 4.28 Å². The van der Waals surface area contributed by atoms with E-state index in [2.05, 4.69) is 11.2 Å². The Morgan fingerprint density at radius 3 is 2.50 bits per heavy atom. The summed E-state index contributed by atoms with van der Waals surface area (Å²) in [5.74, 6) is 0. The molecule has 1 aliphatic rings. The van der Waals surface area contributed by atoms with Gasteiger partial charge in [0.25, 0.3) is 0 Å². The minimum atomic E-state index is -4.06. The third-order valence-corrected chi connectivity index (χ3v) is 6.68. The zero-order valence-electron chi connectivity index (χ0n) is 15.9. The molecule has 0 unspecified atom stereocenters. The first kappa shape index (κ1) is 20.0. The average Bonchev–Trinajstić information content (AvgIpc) is 3.23. The SMILES string of the molecule is Cc1ccccc1C(C#N)=C1C=CC(=NOS(=O)(=O)c2ccc3ccccc3c2)S1. The molecule has 0 saturated heterocycles. The van der Waals surface area contributed by atoms with E-state index in [-0.39, 0.29) is 4.90 Å². The molecule has 0 spiro atoms. The van der Waals surface area contributed by atoms with Gasteiger partial charge in [-0.05, 0) is 53.1 Å². The second kappa shape index (κ2) is 8.19. The van der Waals surface area contributed by atoms with Crippen LogP contribution in [-0.2, 0) is 14.4 Å². The van der Waals surface area contributed by atoms with Crippen molar-refractivity contribution in [2.45, 2.75) is 11.8 Å². The van der Waals surface area contributed by atoms with Gasteiger partial charge in [-0.3, -0.25) is 4.28 Å². The molecule has 0 saturated carbocycles. The van der Waals surface area contributed by atoms with Gasteiger partial charge in [-0.2, -0.15) is 13.7 Å². The maximum atomic E-state index is 12.5. The fraction of sp³-hybridized carbons (Fsp3) is 0.0435. The fourth-order valence-electron chi connectivity index (χ4n) is 3.06. The first-order valence-electron chi connectivity index (χ1n) is 9.05. The molecule has 1 aliphatic heterocycles. The first-order valence-corrected chi connectivity index (χ1v) is 11.3. The number of hydrogen-bond acceptors (Lipinski definition) is 6. The summed E-state index contributed by atoms with van der Waals surface area (Å²) >= 11 is 1.19. The van der Waals surface area contributed by atoms with Gasteiger partial charge >= 0.3 is 10.1 Å². The molecule has 30 heavy (non-hydrogen) atoms. The monoisotopic (exact) mass is 432 g/mol. The Balaban J connectivity index is 1.57. The lowest BCUT2D eigenvalue weighted by Crippen LogP contribution is -2.03. The van der Waals surface area contributed by atoms with Crippen molar-refractivity contribution in [1.82, 2.24) is 0 Å². The molecule has 3 aromatic rings. The second-order valence-corrected chi connectivity index (χ2v) is 9.16. The van der Waals surface area contributed by atoms with Crippen molar-refractivity contribution in [1.29, 1.82) is 5.26 Å². The standard InChI is InChI=1S/C23H16N2O3S2/c1-16-6-2-5-9-20(16)21(15-24)22-12-13-23(29-22)25-28-30(26,27)19-11-10-17-7-3-4-8-18(17)14-19/h2-14H,1H3. The van der Waals surface area contributed by atoms with Crippen molar-refractivity contribution in [3.8, 4) is 6.07 Å². The van der Waals surface area contributed by atoms with Crippen LogP contribution in [0.5, 0.6) is 0 Å². The summed E-state index contributed by atoms with van der Waals surface area (Å²) < 4.78 is 30.0. The van der Waals surface area contributed by atoms with E-state index in [1.807, 2.05) is 55.5 Å². The second-order valence-electron chi connectivity index (χ2n) is 6.57. The van der Waals surface area contributed by atoms with E-state index in [9.17, 15) is 13.7 Å². The maximum absolute atomic E-state index is 12.5. The average molecular weight is 433 g/mol. The van der Waals surface area contributed by atoms with Gasteiger partial charge in [0.1, 0.15) is 16.0 Å². The van der Waals surface area contributed by atoms with Crippen molar-refractivity contribution in [3.05, 3.63) is 94.9 Å². The van der Waals surface area contributed by atoms with Gasteiger partial charge < -0.3 is 0 Å². The van der Waals surface area contributed by atoms with Gasteiger partial charge in [0.05, 0.1) is 5.57 Å². The van der Waals surface area contributed by atoms with Crippen LogP contribution in [0.1, 0.15) is 11.1 Å². The van der Waals surface area contributed by atoms with Crippen LogP contribution in [0, 0.1) is 18.3 Å². The predicted octanol–water partition coefficient (Wildman–Crippen LogP) is 5.40. The topological polar surface area (TPSA) is 79.5 Å². The van der Waals surface area contributed by atoms with E-state index < -0.39 is 10.1 Å². The predicted molar refractivity (Wildman–Crippen MR) is 120 cm³/mol. The number of rotatable bonds is 4. The Morgan fingerprint density at radius 1 is 1.00 bits per heavy atom. The highest BCUT2D eigenvalue weighted by Crippen LogP contribution is 2.35. The highest BCUT2D eigenvalue weighted by Gasteiger charge is 2.20. The van der Waals surface area contributed by atoms with Crippen molar-refractivity contribution < 1.29 is 12.7 Å². The molecular weight excluding hydrogens is 416 g/mol. The third-order valence-electron chi connectivity index (χ3n) is 4.60. The quantitative estimate of drug-likeness (QED) is 0.407. The molecule has 0 aromatic heterocycles. The molecule has 0 N–H and O–H groups in total. The number of aryl methyl sites for hydroxylation is 1. The molecule has 0 atom stereocenters. The normalized spacial score (nSPS) is 16.6. The van der Waals surface area contributed by atoms with Gasteiger partial charge in [0.15, 0.2) is 0 Å². The van der Waals surface area contributed by atoms with Crippen LogP contribution in [0.25, 0.3) is 16.3 Å². The zero-order chi connectivity index (χ0) is 21.1. The lowest BCUT2D eigenvalue weighted by atomic mass is 10.0. The number of benzene rings is 3. The van der Waals surface area contributed by atoms with Crippen LogP contribution in [0.15, 0.2) is 93.8 Å². The molecule has 0 radical (unpaired) electrons. The summed E-state index contributed by atoms with van der Waals surface area (Å²) in [6.45, 7) is 1.94. The van der Waals surface area contributed by atoms with Gasteiger partial charge in [-0.25, -0.2) is 0 Å². The number of nitrogens with zero attached hydrogens (tertiary/aromatic N) is 2. The van der Waals surface area contributed by atoms with Crippen LogP contribution < -0.4 is 0 Å². The zero-order valence-corrected chi connectivity index (χ0v) is 17.6. The Kier molecular flexibility index (Phi) is 5.44. The number of oxime groups is 1. The Morgan fingerprint density at radius 2 is 1.73 bits per heavy atom. The van der Waals surface area contributed by atoms with Crippen molar-refractivity contribution in [2.24, 2.45) is 5.16 Å². The third kappa shape index (κ3) is 4.01. The highest BCUT2D eigenvalue weighted by molar-refractivity contribution is 8.18. The van der Waals surface area contributed by atoms with E-state index in [0.717, 1.165) is 21.9 Å². The molecular formula is C23H16N2O3S2. The van der Waals surface area contributed by atoms with Crippen LogP contribution in [-0.4, -0.2) is 13.5 Å². The van der Waals surface area contributed by atoms with Crippen molar-refractivity contribution >= 4 is 43.3 Å². The minimum Gasteiger partial charge on any atom is -0.264 e. The first-order chi connectivity index (χ1) is 14.5. The minimum absolute atomic E-state index is 0.0333. The summed E-state index contributed by atoms with van der Waals surface area (Å²) in [5, 5.41) is 15.5. The molecule has 0 fully saturated rings. The number of nitriles is 1. The fourth-order valence-corrected chi connectivity index (χ4v) is 4.71. The number of allylic oxidation sites excluding steroid dienone is 2. The van der Waals surface area contributed by atoms with Crippen LogP contribution in [0.4, 0.5) is 0 Å². The van der Waals surface area contributed by atoms with Crippen LogP contribution in [0.3, 0.4) is 0 Å². The molecule has 4 rings (SSSR count). The number of fused-ring (bicyclic) bond motifs is 1. The van der Waals surface area contributed by atoms with E-state index in [0.29, 0.717) is 15.5 Å². The Labute approximate surface area is 179 Å². The van der Waals surface area contributed by atoms with E-state index >= 15 is 0 Å². The molecule has 3 aromatic carbocycles. The van der Waals surface area contributed by atoms with E-state index in [1.165, 1.54) is 17.8 Å². The molecule has 7 heteroatoms. The Bertz CT molecular complexity index is 1380. The van der Waals surface area contributed by atoms with Gasteiger partial charge in [0.2, 0.25) is 0 Å². The molecule has 1 heterocycles. The van der Waals surface area contributed by atoms with Gasteiger partial charge in [-0.1, -0.05) is 71.5 Å². The molecule has 5 nitrogen and oxygen atoms in total. The largest absolute Gasteiger partial charge is 0.358 e. The highest BCUT2D eigenvalue weighted by atomic mass is 32.2. The Hall–Kier alpha value is -3.34. The summed E-state index contributed by atoms with van der Waals surface area (Å²) in [6, 6.07) is 22.1. The lowest BCUT2D eigenvalue weighted by molar-refractivity contribution is 0.340. The van der Waals surface area contributed by atoms with Gasteiger partial charge in [-0.15, -0.1) is 0 Å². The molecule has 0 bridgehead atoms. The summed E-state index contributed by atoms with van der Waals surface area (Å²) in [6.07, 6.45) is 3.37. The van der Waals surface area contributed by atoms with E-state index in [1.54, 1.807) is 24.3 Å². The molecule has 148 valence electrons. The summed E-state index contributed by atoms with van der Waals surface area (Å²) in [5.41, 5.74) is 2.33. The summed E-state index contributed by atoms with van der Waals surface area (Å²) in [7, 11) is -4.06. The molecule has 0 amide bonds. The summed E-state index contributed by atoms with van der Waals surface area (Å²) in [4.78, 5) is 0.725. The van der Waals surface area contributed by atoms with Crippen LogP contribution in [0.2, 0.25) is 0 Å². The lowest BCUT2D eigenvalue weighted by Gasteiger charge is -2.06. The van der Waals surface area contributed by atoms with Gasteiger partial charge in [0, 0.05) is 4.91 Å². The number of hydrogen-bond donors (Lipinski definition) is 0. The maximum Gasteiger partial charge on any atom is 0.358 e.